The van der Waals surface area contributed by atoms with Crippen molar-refractivity contribution in [3.63, 3.8) is 0 Å². The molecule has 0 saturated heterocycles. The molecule has 1 aromatic rings. The largest absolute Gasteiger partial charge is 0.508 e. The van der Waals surface area contributed by atoms with E-state index in [9.17, 15) is 13.9 Å². The van der Waals surface area contributed by atoms with Crippen LogP contribution in [0.5, 0.6) is 0 Å². The van der Waals surface area contributed by atoms with Gasteiger partial charge >= 0.3 is 0 Å². The van der Waals surface area contributed by atoms with Crippen molar-refractivity contribution in [1.82, 2.24) is 0 Å². The Bertz CT molecular complexity index is 588. The van der Waals surface area contributed by atoms with E-state index in [4.69, 9.17) is 0 Å². The van der Waals surface area contributed by atoms with Gasteiger partial charge in [-0.05, 0) is 55.2 Å². The molecule has 1 aliphatic rings. The second-order valence-corrected chi connectivity index (χ2v) is 5.87. The SMILES string of the molecule is C=C(/C=C\C(O)=C/C)C1(c2cc(F)cc(F)c2)CCCCC1. The van der Waals surface area contributed by atoms with Gasteiger partial charge in [-0.15, -0.1) is 0 Å². The van der Waals surface area contributed by atoms with E-state index in [-0.39, 0.29) is 5.76 Å². The van der Waals surface area contributed by atoms with Gasteiger partial charge in [-0.3, -0.25) is 0 Å². The number of hydrogen-bond donors (Lipinski definition) is 1. The molecule has 1 aromatic carbocycles. The first-order valence-electron chi connectivity index (χ1n) is 7.67. The van der Waals surface area contributed by atoms with Crippen LogP contribution in [0, 0.1) is 11.6 Å². The highest BCUT2D eigenvalue weighted by molar-refractivity contribution is 5.42. The summed E-state index contributed by atoms with van der Waals surface area (Å²) < 4.78 is 27.3. The summed E-state index contributed by atoms with van der Waals surface area (Å²) >= 11 is 0. The highest BCUT2D eigenvalue weighted by Gasteiger charge is 2.36. The van der Waals surface area contributed by atoms with Gasteiger partial charge in [0.1, 0.15) is 17.4 Å². The smallest absolute Gasteiger partial charge is 0.126 e. The number of aliphatic hydroxyl groups excluding tert-OH is 1. The average Bonchev–Trinajstić information content (AvgIpc) is 2.51. The predicted octanol–water partition coefficient (Wildman–Crippen LogP) is 5.74. The van der Waals surface area contributed by atoms with E-state index >= 15 is 0 Å². The van der Waals surface area contributed by atoms with Gasteiger partial charge in [0, 0.05) is 11.5 Å². The van der Waals surface area contributed by atoms with Crippen molar-refractivity contribution in [1.29, 1.82) is 0 Å². The minimum Gasteiger partial charge on any atom is -0.508 e. The fraction of sp³-hybridized carbons (Fsp3) is 0.368. The summed E-state index contributed by atoms with van der Waals surface area (Å²) in [4.78, 5) is 0. The molecule has 1 aliphatic carbocycles. The lowest BCUT2D eigenvalue weighted by Crippen LogP contribution is -2.30. The summed E-state index contributed by atoms with van der Waals surface area (Å²) in [6.45, 7) is 5.86. The van der Waals surface area contributed by atoms with E-state index in [0.29, 0.717) is 5.56 Å². The predicted molar refractivity (Wildman–Crippen MR) is 85.8 cm³/mol. The third-order valence-corrected chi connectivity index (χ3v) is 4.49. The molecular formula is C19H22F2O. The molecule has 2 rings (SSSR count). The number of rotatable bonds is 4. The molecule has 0 bridgehead atoms. The normalized spacial score (nSPS) is 18.6. The van der Waals surface area contributed by atoms with Gasteiger partial charge in [-0.2, -0.15) is 0 Å². The highest BCUT2D eigenvalue weighted by Crippen LogP contribution is 2.45. The van der Waals surface area contributed by atoms with Crippen LogP contribution in [-0.2, 0) is 5.41 Å². The van der Waals surface area contributed by atoms with Gasteiger partial charge in [0.25, 0.3) is 0 Å². The number of allylic oxidation sites excluding steroid dienone is 4. The zero-order valence-electron chi connectivity index (χ0n) is 12.9. The van der Waals surface area contributed by atoms with Gasteiger partial charge in [0.05, 0.1) is 0 Å². The number of hydrogen-bond acceptors (Lipinski definition) is 1. The molecule has 3 heteroatoms. The molecule has 22 heavy (non-hydrogen) atoms. The van der Waals surface area contributed by atoms with Gasteiger partial charge in [0.15, 0.2) is 0 Å². The summed E-state index contributed by atoms with van der Waals surface area (Å²) in [6.07, 6.45) is 9.67. The van der Waals surface area contributed by atoms with Crippen LogP contribution in [0.2, 0.25) is 0 Å². The summed E-state index contributed by atoms with van der Waals surface area (Å²) in [7, 11) is 0. The first-order valence-corrected chi connectivity index (χ1v) is 7.67. The Hall–Kier alpha value is -1.90. The average molecular weight is 304 g/mol. The molecule has 0 radical (unpaired) electrons. The third-order valence-electron chi connectivity index (χ3n) is 4.49. The second kappa shape index (κ2) is 6.91. The minimum atomic E-state index is -0.562. The molecule has 0 aromatic heterocycles. The van der Waals surface area contributed by atoms with Crippen molar-refractivity contribution < 1.29 is 13.9 Å². The Labute approximate surface area is 130 Å². The summed E-state index contributed by atoms with van der Waals surface area (Å²) in [5, 5.41) is 9.56. The monoisotopic (exact) mass is 304 g/mol. The number of benzene rings is 1. The van der Waals surface area contributed by atoms with E-state index in [1.807, 2.05) is 0 Å². The maximum Gasteiger partial charge on any atom is 0.126 e. The molecule has 1 fully saturated rings. The van der Waals surface area contributed by atoms with E-state index in [1.54, 1.807) is 25.2 Å². The lowest BCUT2D eigenvalue weighted by Gasteiger charge is -2.39. The molecule has 1 saturated carbocycles. The molecule has 0 unspecified atom stereocenters. The third kappa shape index (κ3) is 3.46. The minimum absolute atomic E-state index is 0.150. The lowest BCUT2D eigenvalue weighted by molar-refractivity contribution is 0.343. The van der Waals surface area contributed by atoms with Crippen molar-refractivity contribution in [2.24, 2.45) is 0 Å². The van der Waals surface area contributed by atoms with Crippen LogP contribution in [0.4, 0.5) is 8.78 Å². The van der Waals surface area contributed by atoms with E-state index in [2.05, 4.69) is 6.58 Å². The van der Waals surface area contributed by atoms with Crippen LogP contribution in [0.1, 0.15) is 44.6 Å². The molecule has 1 nitrogen and oxygen atoms in total. The van der Waals surface area contributed by atoms with Crippen LogP contribution in [0.15, 0.2) is 54.3 Å². The highest BCUT2D eigenvalue weighted by atomic mass is 19.1. The van der Waals surface area contributed by atoms with Crippen LogP contribution >= 0.6 is 0 Å². The van der Waals surface area contributed by atoms with Gasteiger partial charge in [-0.25, -0.2) is 8.78 Å². The fourth-order valence-electron chi connectivity index (χ4n) is 3.22. The zero-order chi connectivity index (χ0) is 16.2. The molecule has 118 valence electrons. The molecular weight excluding hydrogens is 282 g/mol. The Balaban J connectivity index is 2.43. The fourth-order valence-corrected chi connectivity index (χ4v) is 3.22. The lowest BCUT2D eigenvalue weighted by atomic mass is 9.65. The first kappa shape index (κ1) is 16.5. The van der Waals surface area contributed by atoms with E-state index < -0.39 is 17.0 Å². The summed E-state index contributed by atoms with van der Waals surface area (Å²) in [5.41, 5.74) is 0.969. The van der Waals surface area contributed by atoms with Crippen molar-refractivity contribution in [2.45, 2.75) is 44.4 Å². The van der Waals surface area contributed by atoms with Crippen LogP contribution < -0.4 is 0 Å². The first-order chi connectivity index (χ1) is 10.5. The molecule has 0 heterocycles. The molecule has 0 spiro atoms. The van der Waals surface area contributed by atoms with Gasteiger partial charge < -0.3 is 5.11 Å². The van der Waals surface area contributed by atoms with E-state index in [1.165, 1.54) is 12.1 Å². The van der Waals surface area contributed by atoms with Crippen molar-refractivity contribution >= 4 is 0 Å². The second-order valence-electron chi connectivity index (χ2n) is 5.87. The number of aliphatic hydroxyl groups is 1. The maximum atomic E-state index is 13.6. The molecule has 1 N–H and O–H groups in total. The Morgan fingerprint density at radius 3 is 2.23 bits per heavy atom. The summed E-state index contributed by atoms with van der Waals surface area (Å²) in [6, 6.07) is 3.70. The molecule has 0 atom stereocenters. The Morgan fingerprint density at radius 2 is 1.68 bits per heavy atom. The summed E-state index contributed by atoms with van der Waals surface area (Å²) in [5.74, 6) is -0.974. The van der Waals surface area contributed by atoms with Crippen LogP contribution in [-0.4, -0.2) is 5.11 Å². The maximum absolute atomic E-state index is 13.6. The Morgan fingerprint density at radius 1 is 1.09 bits per heavy atom. The van der Waals surface area contributed by atoms with E-state index in [0.717, 1.165) is 43.7 Å². The van der Waals surface area contributed by atoms with Gasteiger partial charge in [0.2, 0.25) is 0 Å². The van der Waals surface area contributed by atoms with Crippen LogP contribution in [0.25, 0.3) is 0 Å². The molecule has 0 aliphatic heterocycles. The van der Waals surface area contributed by atoms with Crippen molar-refractivity contribution in [3.05, 3.63) is 71.5 Å². The van der Waals surface area contributed by atoms with Crippen molar-refractivity contribution in [3.8, 4) is 0 Å². The topological polar surface area (TPSA) is 20.2 Å². The Kier molecular flexibility index (Phi) is 5.17. The zero-order valence-corrected chi connectivity index (χ0v) is 12.9. The molecule has 0 amide bonds. The standard InChI is InChI=1S/C19H22F2O/c1-3-18(22)8-7-14(2)19(9-5-4-6-10-19)15-11-16(20)13-17(21)12-15/h3,7-8,11-13,22H,2,4-6,9-10H2,1H3/b8-7-,18-3+. The van der Waals surface area contributed by atoms with Crippen molar-refractivity contribution in [2.75, 3.05) is 0 Å². The van der Waals surface area contributed by atoms with Gasteiger partial charge in [-0.1, -0.05) is 31.9 Å². The number of halogens is 2. The van der Waals surface area contributed by atoms with Crippen LogP contribution in [0.3, 0.4) is 0 Å². The quantitative estimate of drug-likeness (QED) is 0.555.